The molecular formula is C66H119NO10. The van der Waals surface area contributed by atoms with E-state index in [0.717, 1.165) is 70.6 Å². The minimum atomic E-state index is -1.62. The van der Waals surface area contributed by atoms with Crippen molar-refractivity contribution in [1.82, 2.24) is 5.32 Å². The van der Waals surface area contributed by atoms with E-state index in [4.69, 9.17) is 14.2 Å². The van der Waals surface area contributed by atoms with Crippen molar-refractivity contribution in [3.05, 3.63) is 60.8 Å². The fraction of sp³-hybridized carbons (Fsp3) is 0.818. The zero-order valence-electron chi connectivity index (χ0n) is 49.6. The van der Waals surface area contributed by atoms with Crippen LogP contribution in [0.1, 0.15) is 284 Å². The quantitative estimate of drug-likeness (QED) is 0.0149. The van der Waals surface area contributed by atoms with Crippen molar-refractivity contribution in [3.63, 3.8) is 0 Å². The molecule has 1 aliphatic heterocycles. The topological polar surface area (TPSA) is 175 Å². The maximum absolute atomic E-state index is 13.4. The minimum absolute atomic E-state index is 0.122. The first kappa shape index (κ1) is 72.4. The van der Waals surface area contributed by atoms with E-state index in [1.807, 2.05) is 30.4 Å². The first-order valence-corrected chi connectivity index (χ1v) is 32.1. The van der Waals surface area contributed by atoms with Gasteiger partial charge in [0.05, 0.1) is 25.4 Å². The molecule has 77 heavy (non-hydrogen) atoms. The largest absolute Gasteiger partial charge is 0.454 e. The fourth-order valence-corrected chi connectivity index (χ4v) is 9.88. The predicted molar refractivity (Wildman–Crippen MR) is 320 cm³/mol. The number of hydrogen-bond acceptors (Lipinski definition) is 10. The number of aliphatic hydroxyl groups is 5. The highest BCUT2D eigenvalue weighted by Crippen LogP contribution is 2.26. The summed E-state index contributed by atoms with van der Waals surface area (Å²) >= 11 is 0. The van der Waals surface area contributed by atoms with Crippen LogP contribution in [0.4, 0.5) is 0 Å². The van der Waals surface area contributed by atoms with E-state index in [0.29, 0.717) is 12.8 Å². The molecule has 1 rings (SSSR count). The Hall–Kier alpha value is -2.64. The van der Waals surface area contributed by atoms with Crippen molar-refractivity contribution in [2.45, 2.75) is 333 Å². The normalized spacial score (nSPS) is 19.4. The van der Waals surface area contributed by atoms with Crippen molar-refractivity contribution >= 4 is 11.9 Å². The zero-order valence-corrected chi connectivity index (χ0v) is 49.6. The molecule has 8 atom stereocenters. The Labute approximate surface area is 471 Å². The van der Waals surface area contributed by atoms with E-state index < -0.39 is 67.4 Å². The molecule has 0 aromatic rings. The van der Waals surface area contributed by atoms with Crippen LogP contribution in [0.25, 0.3) is 0 Å². The molecule has 1 aliphatic rings. The Morgan fingerprint density at radius 2 is 0.948 bits per heavy atom. The van der Waals surface area contributed by atoms with Crippen LogP contribution >= 0.6 is 0 Å². The van der Waals surface area contributed by atoms with E-state index in [1.165, 1.54) is 167 Å². The third-order valence-corrected chi connectivity index (χ3v) is 15.0. The van der Waals surface area contributed by atoms with Gasteiger partial charge in [-0.3, -0.25) is 9.59 Å². The van der Waals surface area contributed by atoms with Crippen LogP contribution in [0.2, 0.25) is 0 Å². The number of unbranched alkanes of at least 4 members (excludes halogenated alkanes) is 34. The molecule has 1 heterocycles. The Morgan fingerprint density at radius 1 is 0.519 bits per heavy atom. The predicted octanol–water partition coefficient (Wildman–Crippen LogP) is 15.4. The molecule has 11 heteroatoms. The second-order valence-corrected chi connectivity index (χ2v) is 22.2. The molecule has 6 N–H and O–H groups in total. The van der Waals surface area contributed by atoms with Gasteiger partial charge in [-0.05, 0) is 70.6 Å². The molecule has 0 radical (unpaired) electrons. The molecule has 0 aromatic heterocycles. The van der Waals surface area contributed by atoms with E-state index in [1.54, 1.807) is 6.08 Å². The van der Waals surface area contributed by atoms with Crippen LogP contribution in [0.5, 0.6) is 0 Å². The number of aliphatic hydroxyl groups excluding tert-OH is 5. The van der Waals surface area contributed by atoms with Crippen LogP contribution in [-0.2, 0) is 23.8 Å². The molecule has 1 fully saturated rings. The summed E-state index contributed by atoms with van der Waals surface area (Å²) < 4.78 is 17.6. The molecular weight excluding hydrogens is 967 g/mol. The van der Waals surface area contributed by atoms with E-state index >= 15 is 0 Å². The number of carbonyl (C=O) groups is 2. The Balaban J connectivity index is 2.56. The van der Waals surface area contributed by atoms with Crippen molar-refractivity contribution < 1.29 is 49.3 Å². The van der Waals surface area contributed by atoms with Gasteiger partial charge >= 0.3 is 5.97 Å². The third kappa shape index (κ3) is 42.0. The molecule has 0 bridgehead atoms. The number of esters is 1. The number of amides is 1. The first-order chi connectivity index (χ1) is 37.7. The van der Waals surface area contributed by atoms with Gasteiger partial charge in [0.25, 0.3) is 0 Å². The molecule has 0 spiro atoms. The van der Waals surface area contributed by atoms with Gasteiger partial charge in [-0.15, -0.1) is 0 Å². The lowest BCUT2D eigenvalue weighted by Gasteiger charge is -2.41. The van der Waals surface area contributed by atoms with Gasteiger partial charge in [0.15, 0.2) is 12.4 Å². The zero-order chi connectivity index (χ0) is 56.1. The molecule has 11 nitrogen and oxygen atoms in total. The van der Waals surface area contributed by atoms with E-state index in [9.17, 15) is 35.1 Å². The summed E-state index contributed by atoms with van der Waals surface area (Å²) in [5.74, 6) is -1.21. The van der Waals surface area contributed by atoms with Gasteiger partial charge in [0.1, 0.15) is 24.4 Å². The van der Waals surface area contributed by atoms with Gasteiger partial charge in [-0.2, -0.15) is 0 Å². The van der Waals surface area contributed by atoms with Gasteiger partial charge in [-0.25, -0.2) is 0 Å². The summed E-state index contributed by atoms with van der Waals surface area (Å²) in [6.07, 6.45) is 57.1. The number of carbonyl (C=O) groups excluding carboxylic acids is 2. The maximum atomic E-state index is 13.4. The summed E-state index contributed by atoms with van der Waals surface area (Å²) in [5, 5.41) is 56.9. The van der Waals surface area contributed by atoms with Crippen LogP contribution in [-0.4, -0.2) is 99.6 Å². The van der Waals surface area contributed by atoms with Crippen LogP contribution in [0, 0.1) is 0 Å². The second-order valence-electron chi connectivity index (χ2n) is 22.2. The standard InChI is InChI=1S/C66H119NO10/c1-4-7-10-13-16-19-22-24-25-26-27-28-29-30-31-32-33-34-35-36-39-42-45-48-51-54-61(71)77-64-63(73)62(72)60(55-68)76-66(64)75-56-57(58(69)52-49-46-43-40-37-21-18-15-12-9-6-3)67-65(74)59(70)53-50-47-44-41-38-23-20-17-14-11-8-5-2/h8,11,14,17,20,23-25,49,52,57-60,62-64,66,68-70,72-73H,4-7,9-10,12-13,15-16,18-19,21-22,26-48,50-51,53-56H2,1-3H3,(H,67,74)/b11-8+,17-14+,23-20-,25-24+,52-49+. The van der Waals surface area contributed by atoms with E-state index in [-0.39, 0.29) is 19.4 Å². The van der Waals surface area contributed by atoms with Gasteiger partial charge in [0, 0.05) is 6.42 Å². The highest BCUT2D eigenvalue weighted by molar-refractivity contribution is 5.80. The Bertz CT molecular complexity index is 1480. The summed E-state index contributed by atoms with van der Waals surface area (Å²) in [4.78, 5) is 26.5. The molecule has 1 amide bonds. The number of ether oxygens (including phenoxy) is 3. The molecule has 0 aromatic carbocycles. The fourth-order valence-electron chi connectivity index (χ4n) is 9.88. The van der Waals surface area contributed by atoms with Crippen molar-refractivity contribution in [2.75, 3.05) is 13.2 Å². The summed E-state index contributed by atoms with van der Waals surface area (Å²) in [7, 11) is 0. The van der Waals surface area contributed by atoms with Gasteiger partial charge < -0.3 is 45.1 Å². The summed E-state index contributed by atoms with van der Waals surface area (Å²) in [6.45, 7) is 5.64. The van der Waals surface area contributed by atoms with Crippen LogP contribution in [0.15, 0.2) is 60.8 Å². The summed E-state index contributed by atoms with van der Waals surface area (Å²) in [5.41, 5.74) is 0. The lowest BCUT2D eigenvalue weighted by molar-refractivity contribution is -0.305. The van der Waals surface area contributed by atoms with Crippen molar-refractivity contribution in [2.24, 2.45) is 0 Å². The van der Waals surface area contributed by atoms with Crippen molar-refractivity contribution in [1.29, 1.82) is 0 Å². The van der Waals surface area contributed by atoms with Gasteiger partial charge in [0.2, 0.25) is 5.91 Å². The molecule has 0 aliphatic carbocycles. The SMILES string of the molecule is CC/C=C/C=C/C=C\CCCCCCC(O)C(=O)NC(COC1OC(CO)C(O)C(O)C1OC(=O)CCCCCCCCCCCCCCCCC/C=C/CCCCCCCC)C(O)/C=C/CCCCCCCCCCC. The van der Waals surface area contributed by atoms with E-state index in [2.05, 4.69) is 50.4 Å². The average Bonchev–Trinajstić information content (AvgIpc) is 3.43. The minimum Gasteiger partial charge on any atom is -0.454 e. The smallest absolute Gasteiger partial charge is 0.306 e. The highest BCUT2D eigenvalue weighted by atomic mass is 16.7. The third-order valence-electron chi connectivity index (χ3n) is 15.0. The monoisotopic (exact) mass is 1090 g/mol. The first-order valence-electron chi connectivity index (χ1n) is 32.1. The maximum Gasteiger partial charge on any atom is 0.306 e. The molecule has 8 unspecified atom stereocenters. The van der Waals surface area contributed by atoms with Crippen LogP contribution < -0.4 is 5.32 Å². The van der Waals surface area contributed by atoms with Crippen molar-refractivity contribution in [3.8, 4) is 0 Å². The van der Waals surface area contributed by atoms with Gasteiger partial charge in [-0.1, -0.05) is 268 Å². The summed E-state index contributed by atoms with van der Waals surface area (Å²) in [6, 6.07) is -1.03. The number of hydrogen-bond donors (Lipinski definition) is 6. The highest BCUT2D eigenvalue weighted by Gasteiger charge is 2.47. The average molecular weight is 1090 g/mol. The Kier molecular flexibility index (Phi) is 50.7. The molecule has 448 valence electrons. The number of rotatable bonds is 54. The molecule has 0 saturated carbocycles. The van der Waals surface area contributed by atoms with Crippen LogP contribution in [0.3, 0.4) is 0 Å². The lowest BCUT2D eigenvalue weighted by atomic mass is 9.99. The Morgan fingerprint density at radius 3 is 1.43 bits per heavy atom. The number of nitrogens with one attached hydrogen (secondary N) is 1. The molecule has 1 saturated heterocycles. The lowest BCUT2D eigenvalue weighted by Crippen LogP contribution is -2.61. The second kappa shape index (κ2) is 54.0. The number of allylic oxidation sites excluding steroid dienone is 9.